The van der Waals surface area contributed by atoms with Crippen molar-refractivity contribution < 1.29 is 0 Å². The normalized spacial score (nSPS) is 31.6. The number of hydrogen-bond donors (Lipinski definition) is 1. The molecule has 0 saturated carbocycles. The van der Waals surface area contributed by atoms with E-state index in [-0.39, 0.29) is 0 Å². The smallest absolute Gasteiger partial charge is 0.00206 e. The summed E-state index contributed by atoms with van der Waals surface area (Å²) in [7, 11) is 0. The van der Waals surface area contributed by atoms with Crippen molar-refractivity contribution in [1.29, 1.82) is 0 Å². The van der Waals surface area contributed by atoms with Crippen molar-refractivity contribution in [2.45, 2.75) is 40.5 Å². The average Bonchev–Trinajstić information content (AvgIpc) is 2.22. The van der Waals surface area contributed by atoms with Crippen molar-refractivity contribution in [2.24, 2.45) is 11.8 Å². The Balaban J connectivity index is 0.000000461. The molecule has 2 unspecified atom stereocenters. The first-order chi connectivity index (χ1) is 5.30. The second-order valence-corrected chi connectivity index (χ2v) is 3.30. The lowest BCUT2D eigenvalue weighted by molar-refractivity contribution is 0.383. The van der Waals surface area contributed by atoms with E-state index in [1.807, 2.05) is 13.8 Å². The first-order valence-electron chi connectivity index (χ1n) is 5.01. The van der Waals surface area contributed by atoms with Crippen LogP contribution in [0, 0.1) is 11.8 Å². The van der Waals surface area contributed by atoms with E-state index in [9.17, 15) is 0 Å². The van der Waals surface area contributed by atoms with E-state index in [4.69, 9.17) is 0 Å². The van der Waals surface area contributed by atoms with Crippen molar-refractivity contribution >= 4 is 0 Å². The van der Waals surface area contributed by atoms with Crippen LogP contribution in [0.1, 0.15) is 40.5 Å². The van der Waals surface area contributed by atoms with Crippen molar-refractivity contribution in [2.75, 3.05) is 13.1 Å². The fourth-order valence-corrected chi connectivity index (χ4v) is 1.36. The van der Waals surface area contributed by atoms with Crippen LogP contribution in [0.15, 0.2) is 0 Å². The van der Waals surface area contributed by atoms with Crippen LogP contribution in [-0.4, -0.2) is 13.1 Å². The topological polar surface area (TPSA) is 12.0 Å². The molecule has 1 fully saturated rings. The van der Waals surface area contributed by atoms with Gasteiger partial charge >= 0.3 is 0 Å². The summed E-state index contributed by atoms with van der Waals surface area (Å²) in [6.45, 7) is 11.1. The second-order valence-electron chi connectivity index (χ2n) is 3.30. The molecule has 11 heavy (non-hydrogen) atoms. The molecule has 0 bridgehead atoms. The molecule has 1 heteroatoms. The van der Waals surface area contributed by atoms with Gasteiger partial charge in [-0.25, -0.2) is 0 Å². The minimum atomic E-state index is 0.882. The Morgan fingerprint density at radius 2 is 1.73 bits per heavy atom. The van der Waals surface area contributed by atoms with Gasteiger partial charge in [0.2, 0.25) is 0 Å². The third-order valence-electron chi connectivity index (χ3n) is 2.45. The molecule has 2 atom stereocenters. The Labute approximate surface area is 71.6 Å². The highest BCUT2D eigenvalue weighted by atomic mass is 14.9. The van der Waals surface area contributed by atoms with Gasteiger partial charge in [0.05, 0.1) is 0 Å². The third-order valence-corrected chi connectivity index (χ3v) is 2.45. The maximum absolute atomic E-state index is 3.43. The predicted molar refractivity (Wildman–Crippen MR) is 51.8 cm³/mol. The first-order valence-corrected chi connectivity index (χ1v) is 5.01. The zero-order valence-electron chi connectivity index (χ0n) is 8.48. The highest BCUT2D eigenvalue weighted by Gasteiger charge is 2.13. The first kappa shape index (κ1) is 11.0. The summed E-state index contributed by atoms with van der Waals surface area (Å²) >= 11 is 0. The summed E-state index contributed by atoms with van der Waals surface area (Å²) in [6, 6.07) is 0. The summed E-state index contributed by atoms with van der Waals surface area (Å²) in [4.78, 5) is 0. The average molecular weight is 157 g/mol. The largest absolute Gasteiger partial charge is 0.316 e. The lowest BCUT2D eigenvalue weighted by atomic mass is 9.93. The maximum atomic E-state index is 3.43. The van der Waals surface area contributed by atoms with E-state index < -0.39 is 0 Å². The number of hydrogen-bond acceptors (Lipinski definition) is 1. The lowest BCUT2D eigenvalue weighted by Gasteiger charge is -2.14. The number of rotatable bonds is 0. The highest BCUT2D eigenvalue weighted by Crippen LogP contribution is 2.17. The van der Waals surface area contributed by atoms with E-state index in [0.717, 1.165) is 11.8 Å². The van der Waals surface area contributed by atoms with Crippen LogP contribution < -0.4 is 5.32 Å². The Bertz CT molecular complexity index is 70.9. The van der Waals surface area contributed by atoms with Gasteiger partial charge in [0, 0.05) is 0 Å². The molecule has 68 valence electrons. The van der Waals surface area contributed by atoms with Gasteiger partial charge in [-0.3, -0.25) is 0 Å². The summed E-state index contributed by atoms with van der Waals surface area (Å²) in [5.74, 6) is 1.81. The summed E-state index contributed by atoms with van der Waals surface area (Å²) in [5, 5.41) is 3.43. The fraction of sp³-hybridized carbons (Fsp3) is 1.00. The molecule has 0 aromatic carbocycles. The van der Waals surface area contributed by atoms with Gasteiger partial charge < -0.3 is 5.32 Å². The van der Waals surface area contributed by atoms with E-state index in [1.54, 1.807) is 0 Å². The summed E-state index contributed by atoms with van der Waals surface area (Å²) in [5.41, 5.74) is 0. The van der Waals surface area contributed by atoms with E-state index in [2.05, 4.69) is 19.2 Å². The van der Waals surface area contributed by atoms with Crippen LogP contribution in [-0.2, 0) is 0 Å². The van der Waals surface area contributed by atoms with Crippen molar-refractivity contribution in [3.05, 3.63) is 0 Å². The Kier molecular flexibility index (Phi) is 6.63. The van der Waals surface area contributed by atoms with Crippen LogP contribution in [0.25, 0.3) is 0 Å². The van der Waals surface area contributed by atoms with Crippen molar-refractivity contribution in [3.8, 4) is 0 Å². The molecule has 0 aliphatic carbocycles. The van der Waals surface area contributed by atoms with Gasteiger partial charge in [0.25, 0.3) is 0 Å². The van der Waals surface area contributed by atoms with Gasteiger partial charge in [-0.05, 0) is 37.8 Å². The Morgan fingerprint density at radius 1 is 1.09 bits per heavy atom. The molecule has 0 aromatic rings. The minimum Gasteiger partial charge on any atom is -0.316 e. The van der Waals surface area contributed by atoms with Crippen LogP contribution in [0.2, 0.25) is 0 Å². The van der Waals surface area contributed by atoms with Gasteiger partial charge in [0.1, 0.15) is 0 Å². The van der Waals surface area contributed by atoms with E-state index in [1.165, 1.54) is 25.9 Å². The Morgan fingerprint density at radius 3 is 2.36 bits per heavy atom. The molecular weight excluding hydrogens is 134 g/mol. The van der Waals surface area contributed by atoms with Gasteiger partial charge in [-0.2, -0.15) is 0 Å². The quantitative estimate of drug-likeness (QED) is 0.570. The van der Waals surface area contributed by atoms with Gasteiger partial charge in [-0.1, -0.05) is 27.7 Å². The van der Waals surface area contributed by atoms with Crippen molar-refractivity contribution in [3.63, 3.8) is 0 Å². The molecule has 1 aliphatic heterocycles. The van der Waals surface area contributed by atoms with Crippen LogP contribution in [0.4, 0.5) is 0 Å². The molecule has 1 saturated heterocycles. The monoisotopic (exact) mass is 157 g/mol. The lowest BCUT2D eigenvalue weighted by Crippen LogP contribution is -2.21. The molecular formula is C10H23N. The van der Waals surface area contributed by atoms with Crippen molar-refractivity contribution in [1.82, 2.24) is 5.32 Å². The highest BCUT2D eigenvalue weighted by molar-refractivity contribution is 4.68. The zero-order valence-corrected chi connectivity index (χ0v) is 8.48. The molecule has 1 heterocycles. The van der Waals surface area contributed by atoms with E-state index in [0.29, 0.717) is 0 Å². The maximum Gasteiger partial charge on any atom is -0.00206 e. The van der Waals surface area contributed by atoms with Gasteiger partial charge in [0.15, 0.2) is 0 Å². The number of nitrogens with one attached hydrogen (secondary N) is 1. The molecule has 0 aromatic heterocycles. The van der Waals surface area contributed by atoms with Gasteiger partial charge in [-0.15, -0.1) is 0 Å². The zero-order chi connectivity index (χ0) is 8.69. The molecule has 0 radical (unpaired) electrons. The van der Waals surface area contributed by atoms with Crippen LogP contribution in [0.5, 0.6) is 0 Å². The standard InChI is InChI=1S/C8H17N.C2H6/c1-7-4-3-5-9-6-8(7)2;1-2/h7-9H,3-6H2,1-2H3;1-2H3. The fourth-order valence-electron chi connectivity index (χ4n) is 1.36. The molecule has 1 nitrogen and oxygen atoms in total. The molecule has 0 amide bonds. The summed E-state index contributed by atoms with van der Waals surface area (Å²) in [6.07, 6.45) is 2.78. The predicted octanol–water partition coefficient (Wildman–Crippen LogP) is 2.67. The molecule has 1 rings (SSSR count). The Hall–Kier alpha value is -0.0400. The van der Waals surface area contributed by atoms with Crippen LogP contribution in [0.3, 0.4) is 0 Å². The molecule has 1 N–H and O–H groups in total. The SMILES string of the molecule is CC.CC1CCCNCC1C. The minimum absolute atomic E-state index is 0.882. The summed E-state index contributed by atoms with van der Waals surface area (Å²) < 4.78 is 0. The van der Waals surface area contributed by atoms with E-state index >= 15 is 0 Å². The second kappa shape index (κ2) is 6.66. The molecule has 0 spiro atoms. The van der Waals surface area contributed by atoms with Crippen LogP contribution >= 0.6 is 0 Å². The third kappa shape index (κ3) is 4.41. The molecule has 1 aliphatic rings.